The Hall–Kier alpha value is -2.29. The van der Waals surface area contributed by atoms with Crippen molar-refractivity contribution >= 4 is 5.97 Å². The average Bonchev–Trinajstić information content (AvgIpc) is 3.07. The molecule has 0 aliphatic heterocycles. The number of methoxy groups -OCH3 is 1. The highest BCUT2D eigenvalue weighted by Gasteiger charge is 2.20. The molecule has 0 saturated heterocycles. The van der Waals surface area contributed by atoms with Crippen molar-refractivity contribution in [3.05, 3.63) is 24.3 Å². The molecule has 108 valence electrons. The third-order valence-electron chi connectivity index (χ3n) is 2.97. The monoisotopic (exact) mass is 280 g/mol. The Balaban J connectivity index is 2.14. The molecule has 0 bridgehead atoms. The van der Waals surface area contributed by atoms with Crippen LogP contribution in [0.3, 0.4) is 0 Å². The summed E-state index contributed by atoms with van der Waals surface area (Å²) in [7, 11) is 1.47. The number of nitrogens with zero attached hydrogens (tertiary/aromatic N) is 6. The van der Waals surface area contributed by atoms with Gasteiger partial charge >= 0.3 is 5.97 Å². The second-order valence-electron chi connectivity index (χ2n) is 4.34. The number of ether oxygens (including phenoxy) is 1. The van der Waals surface area contributed by atoms with Crippen molar-refractivity contribution in [2.24, 2.45) is 0 Å². The summed E-state index contributed by atoms with van der Waals surface area (Å²) in [5, 5.41) is 24.5. The molecule has 0 aromatic carbocycles. The Bertz CT molecular complexity index is 552. The van der Waals surface area contributed by atoms with Gasteiger partial charge in [-0.3, -0.25) is 9.48 Å². The molecular weight excluding hydrogens is 264 g/mol. The van der Waals surface area contributed by atoms with Crippen LogP contribution in [0.25, 0.3) is 0 Å². The molecule has 0 fully saturated rings. The Kier molecular flexibility index (Phi) is 4.41. The van der Waals surface area contributed by atoms with E-state index in [0.717, 1.165) is 0 Å². The quantitative estimate of drug-likeness (QED) is 0.758. The first kappa shape index (κ1) is 14.1. The number of aliphatic carboxylic acids is 1. The van der Waals surface area contributed by atoms with E-state index in [1.807, 2.05) is 19.2 Å². The summed E-state index contributed by atoms with van der Waals surface area (Å²) in [6, 6.07) is 1.66. The van der Waals surface area contributed by atoms with Crippen molar-refractivity contribution in [2.45, 2.75) is 32.0 Å². The van der Waals surface area contributed by atoms with Crippen LogP contribution in [0, 0.1) is 0 Å². The van der Waals surface area contributed by atoms with Gasteiger partial charge in [0.15, 0.2) is 5.82 Å². The zero-order valence-electron chi connectivity index (χ0n) is 11.2. The normalized spacial score (nSPS) is 14.1. The summed E-state index contributed by atoms with van der Waals surface area (Å²) < 4.78 is 8.41. The van der Waals surface area contributed by atoms with E-state index >= 15 is 0 Å². The van der Waals surface area contributed by atoms with Crippen LogP contribution >= 0.6 is 0 Å². The molecule has 0 saturated carbocycles. The highest BCUT2D eigenvalue weighted by atomic mass is 16.5. The molecule has 0 radical (unpaired) electrons. The summed E-state index contributed by atoms with van der Waals surface area (Å²) >= 11 is 0. The van der Waals surface area contributed by atoms with Gasteiger partial charge in [0.2, 0.25) is 0 Å². The third-order valence-corrected chi connectivity index (χ3v) is 2.97. The van der Waals surface area contributed by atoms with Gasteiger partial charge in [0.05, 0.1) is 19.1 Å². The highest BCUT2D eigenvalue weighted by molar-refractivity contribution is 5.67. The van der Waals surface area contributed by atoms with Gasteiger partial charge in [-0.15, -0.1) is 5.10 Å². The molecular formula is C11H16N6O3. The fourth-order valence-electron chi connectivity index (χ4n) is 1.88. The van der Waals surface area contributed by atoms with Crippen molar-refractivity contribution in [1.82, 2.24) is 30.0 Å². The van der Waals surface area contributed by atoms with Gasteiger partial charge in [-0.05, 0) is 23.4 Å². The summed E-state index contributed by atoms with van der Waals surface area (Å²) in [6.07, 6.45) is 2.90. The lowest BCUT2D eigenvalue weighted by atomic mass is 10.2. The second kappa shape index (κ2) is 6.24. The molecule has 9 nitrogen and oxygen atoms in total. The predicted octanol–water partition coefficient (Wildman–Crippen LogP) is -0.0314. The minimum absolute atomic E-state index is 0.105. The SMILES string of the molecule is COC(CC(=O)O)Cn1nnnc1C(C)n1cccn1. The van der Waals surface area contributed by atoms with Crippen LogP contribution in [0.15, 0.2) is 18.5 Å². The van der Waals surface area contributed by atoms with Crippen LogP contribution < -0.4 is 0 Å². The molecule has 2 atom stereocenters. The molecule has 2 aromatic heterocycles. The van der Waals surface area contributed by atoms with Crippen LogP contribution in [-0.4, -0.2) is 54.3 Å². The minimum Gasteiger partial charge on any atom is -0.481 e. The van der Waals surface area contributed by atoms with Crippen LogP contribution in [-0.2, 0) is 16.1 Å². The first-order valence-corrected chi connectivity index (χ1v) is 6.11. The molecule has 0 aliphatic rings. The maximum atomic E-state index is 10.7. The summed E-state index contributed by atoms with van der Waals surface area (Å²) in [5.41, 5.74) is 0. The fourth-order valence-corrected chi connectivity index (χ4v) is 1.88. The first-order chi connectivity index (χ1) is 9.61. The van der Waals surface area contributed by atoms with E-state index in [4.69, 9.17) is 9.84 Å². The molecule has 0 spiro atoms. The van der Waals surface area contributed by atoms with Gasteiger partial charge in [-0.1, -0.05) is 0 Å². The molecule has 1 N–H and O–H groups in total. The number of carbonyl (C=O) groups is 1. The van der Waals surface area contributed by atoms with Crippen molar-refractivity contribution in [3.8, 4) is 0 Å². The summed E-state index contributed by atoms with van der Waals surface area (Å²) in [6.45, 7) is 2.19. The highest BCUT2D eigenvalue weighted by Crippen LogP contribution is 2.14. The van der Waals surface area contributed by atoms with Crippen molar-refractivity contribution in [2.75, 3.05) is 7.11 Å². The molecule has 2 rings (SSSR count). The van der Waals surface area contributed by atoms with Gasteiger partial charge in [0.25, 0.3) is 0 Å². The van der Waals surface area contributed by atoms with Gasteiger partial charge in [-0.25, -0.2) is 4.68 Å². The topological polar surface area (TPSA) is 108 Å². The lowest BCUT2D eigenvalue weighted by molar-refractivity contribution is -0.140. The van der Waals surface area contributed by atoms with Crippen LogP contribution in [0.5, 0.6) is 0 Å². The third kappa shape index (κ3) is 3.18. The molecule has 2 aromatic rings. The van der Waals surface area contributed by atoms with Crippen molar-refractivity contribution in [1.29, 1.82) is 0 Å². The maximum Gasteiger partial charge on any atom is 0.306 e. The van der Waals surface area contributed by atoms with Crippen LogP contribution in [0.1, 0.15) is 25.2 Å². The fraction of sp³-hybridized carbons (Fsp3) is 0.545. The standard InChI is InChI=1S/C11H16N6O3/c1-8(16-5-3-4-12-16)11-13-14-15-17(11)7-9(20-2)6-10(18)19/h3-5,8-9H,6-7H2,1-2H3,(H,18,19). The van der Waals surface area contributed by atoms with Gasteiger partial charge in [0.1, 0.15) is 6.04 Å². The summed E-state index contributed by atoms with van der Waals surface area (Å²) in [5.74, 6) is -0.326. The van der Waals surface area contributed by atoms with Gasteiger partial charge in [-0.2, -0.15) is 5.10 Å². The van der Waals surface area contributed by atoms with Gasteiger partial charge in [0, 0.05) is 19.5 Å². The van der Waals surface area contributed by atoms with E-state index in [1.54, 1.807) is 15.6 Å². The Morgan fingerprint density at radius 1 is 1.55 bits per heavy atom. The Labute approximate surface area is 115 Å². The molecule has 0 amide bonds. The molecule has 2 heterocycles. The lowest BCUT2D eigenvalue weighted by Gasteiger charge is -2.16. The van der Waals surface area contributed by atoms with E-state index in [0.29, 0.717) is 5.82 Å². The van der Waals surface area contributed by atoms with Crippen LogP contribution in [0.4, 0.5) is 0 Å². The molecule has 2 unspecified atom stereocenters. The number of hydrogen-bond donors (Lipinski definition) is 1. The smallest absolute Gasteiger partial charge is 0.306 e. The number of carboxylic acid groups (broad SMARTS) is 1. The molecule has 9 heteroatoms. The van der Waals surface area contributed by atoms with E-state index < -0.39 is 12.1 Å². The van der Waals surface area contributed by atoms with E-state index in [1.165, 1.54) is 7.11 Å². The summed E-state index contributed by atoms with van der Waals surface area (Å²) in [4.78, 5) is 10.7. The lowest BCUT2D eigenvalue weighted by Crippen LogP contribution is -2.25. The Morgan fingerprint density at radius 2 is 2.35 bits per heavy atom. The van der Waals surface area contributed by atoms with Crippen molar-refractivity contribution < 1.29 is 14.6 Å². The largest absolute Gasteiger partial charge is 0.481 e. The second-order valence-corrected chi connectivity index (χ2v) is 4.34. The van der Waals surface area contributed by atoms with E-state index in [2.05, 4.69) is 20.6 Å². The predicted molar refractivity (Wildman–Crippen MR) is 66.9 cm³/mol. The number of aromatic nitrogens is 6. The minimum atomic E-state index is -0.924. The zero-order chi connectivity index (χ0) is 14.5. The van der Waals surface area contributed by atoms with Crippen molar-refractivity contribution in [3.63, 3.8) is 0 Å². The van der Waals surface area contributed by atoms with E-state index in [9.17, 15) is 4.79 Å². The number of tetrazole rings is 1. The molecule has 0 aliphatic carbocycles. The number of rotatable bonds is 7. The first-order valence-electron chi connectivity index (χ1n) is 6.11. The van der Waals surface area contributed by atoms with Crippen LogP contribution in [0.2, 0.25) is 0 Å². The average molecular weight is 280 g/mol. The zero-order valence-corrected chi connectivity index (χ0v) is 11.2. The number of carboxylic acids is 1. The maximum absolute atomic E-state index is 10.7. The Morgan fingerprint density at radius 3 is 2.95 bits per heavy atom. The number of hydrogen-bond acceptors (Lipinski definition) is 6. The van der Waals surface area contributed by atoms with E-state index in [-0.39, 0.29) is 19.0 Å². The van der Waals surface area contributed by atoms with Gasteiger partial charge < -0.3 is 9.84 Å². The molecule has 20 heavy (non-hydrogen) atoms.